The molecular formula is C15H17NO2. The molecule has 3 heteroatoms. The van der Waals surface area contributed by atoms with E-state index in [0.29, 0.717) is 6.54 Å². The molecule has 0 spiro atoms. The molecule has 1 unspecified atom stereocenters. The highest BCUT2D eigenvalue weighted by Gasteiger charge is 2.08. The summed E-state index contributed by atoms with van der Waals surface area (Å²) in [5.74, 6) is 1.67. The van der Waals surface area contributed by atoms with Gasteiger partial charge in [0.25, 0.3) is 0 Å². The molecule has 94 valence electrons. The van der Waals surface area contributed by atoms with Crippen molar-refractivity contribution in [3.63, 3.8) is 0 Å². The molecule has 0 saturated carbocycles. The zero-order valence-corrected chi connectivity index (χ0v) is 10.7. The molecule has 18 heavy (non-hydrogen) atoms. The zero-order valence-electron chi connectivity index (χ0n) is 10.7. The number of furan rings is 1. The Hall–Kier alpha value is -1.87. The first kappa shape index (κ1) is 12.6. The summed E-state index contributed by atoms with van der Waals surface area (Å²) in [6.07, 6.45) is 1.72. The van der Waals surface area contributed by atoms with E-state index in [1.165, 1.54) is 0 Å². The second kappa shape index (κ2) is 6.17. The molecule has 2 rings (SSSR count). The van der Waals surface area contributed by atoms with Crippen LogP contribution in [-0.4, -0.2) is 19.9 Å². The normalized spacial score (nSPS) is 13.0. The van der Waals surface area contributed by atoms with Gasteiger partial charge in [-0.3, -0.25) is 4.99 Å². The Morgan fingerprint density at radius 3 is 2.61 bits per heavy atom. The molecule has 0 bridgehead atoms. The molecule has 0 aliphatic rings. The zero-order chi connectivity index (χ0) is 12.8. The van der Waals surface area contributed by atoms with E-state index in [9.17, 15) is 0 Å². The van der Waals surface area contributed by atoms with Crippen LogP contribution in [0.25, 0.3) is 0 Å². The van der Waals surface area contributed by atoms with E-state index in [1.807, 2.05) is 49.4 Å². The van der Waals surface area contributed by atoms with Gasteiger partial charge in [-0.15, -0.1) is 0 Å². The molecule has 0 radical (unpaired) electrons. The molecule has 2 aromatic rings. The van der Waals surface area contributed by atoms with Crippen LogP contribution in [0.2, 0.25) is 0 Å². The smallest absolute Gasteiger partial charge is 0.144 e. The second-order valence-corrected chi connectivity index (χ2v) is 4.08. The predicted molar refractivity (Wildman–Crippen MR) is 72.1 cm³/mol. The van der Waals surface area contributed by atoms with Gasteiger partial charge in [-0.2, -0.15) is 0 Å². The predicted octanol–water partition coefficient (Wildman–Crippen LogP) is 3.39. The lowest BCUT2D eigenvalue weighted by molar-refractivity contribution is 0.111. The van der Waals surface area contributed by atoms with Crippen molar-refractivity contribution in [1.29, 1.82) is 0 Å². The van der Waals surface area contributed by atoms with Crippen LogP contribution in [0.15, 0.2) is 51.9 Å². The van der Waals surface area contributed by atoms with Crippen molar-refractivity contribution in [2.45, 2.75) is 13.0 Å². The van der Waals surface area contributed by atoms with Crippen LogP contribution < -0.4 is 0 Å². The summed E-state index contributed by atoms with van der Waals surface area (Å²) < 4.78 is 10.8. The van der Waals surface area contributed by atoms with E-state index in [-0.39, 0.29) is 6.10 Å². The maximum Gasteiger partial charge on any atom is 0.144 e. The Morgan fingerprint density at radius 2 is 2.00 bits per heavy atom. The van der Waals surface area contributed by atoms with Crippen LogP contribution >= 0.6 is 0 Å². The van der Waals surface area contributed by atoms with Gasteiger partial charge < -0.3 is 9.15 Å². The van der Waals surface area contributed by atoms with E-state index in [1.54, 1.807) is 13.3 Å². The fourth-order valence-corrected chi connectivity index (χ4v) is 1.74. The summed E-state index contributed by atoms with van der Waals surface area (Å²) in [6.45, 7) is 2.50. The van der Waals surface area contributed by atoms with Gasteiger partial charge in [0.2, 0.25) is 0 Å². The number of nitrogens with zero attached hydrogens (tertiary/aromatic N) is 1. The minimum absolute atomic E-state index is 0.0153. The lowest BCUT2D eigenvalue weighted by Gasteiger charge is -2.12. The Morgan fingerprint density at radius 1 is 1.22 bits per heavy atom. The molecule has 3 nitrogen and oxygen atoms in total. The van der Waals surface area contributed by atoms with Crippen molar-refractivity contribution >= 4 is 6.21 Å². The Balaban J connectivity index is 1.97. The average molecular weight is 243 g/mol. The van der Waals surface area contributed by atoms with E-state index in [4.69, 9.17) is 9.15 Å². The van der Waals surface area contributed by atoms with Crippen LogP contribution in [0, 0.1) is 6.92 Å². The van der Waals surface area contributed by atoms with Crippen LogP contribution in [0.4, 0.5) is 0 Å². The lowest BCUT2D eigenvalue weighted by Crippen LogP contribution is -2.05. The van der Waals surface area contributed by atoms with E-state index >= 15 is 0 Å². The summed E-state index contributed by atoms with van der Waals surface area (Å²) in [6, 6.07) is 13.9. The van der Waals surface area contributed by atoms with Crippen molar-refractivity contribution in [3.05, 3.63) is 59.5 Å². The highest BCUT2D eigenvalue weighted by molar-refractivity contribution is 5.75. The van der Waals surface area contributed by atoms with Gasteiger partial charge in [0, 0.05) is 7.11 Å². The fraction of sp³-hybridized carbons (Fsp3) is 0.267. The van der Waals surface area contributed by atoms with Gasteiger partial charge >= 0.3 is 0 Å². The summed E-state index contributed by atoms with van der Waals surface area (Å²) in [5.41, 5.74) is 1.13. The van der Waals surface area contributed by atoms with Gasteiger partial charge in [0.1, 0.15) is 17.6 Å². The molecule has 0 N–H and O–H groups in total. The Labute approximate surface area is 107 Å². The Kier molecular flexibility index (Phi) is 4.31. The number of hydrogen-bond acceptors (Lipinski definition) is 3. The molecule has 0 amide bonds. The Bertz CT molecular complexity index is 502. The number of aliphatic imine (C=N–C) groups is 1. The van der Waals surface area contributed by atoms with Crippen molar-refractivity contribution in [2.24, 2.45) is 4.99 Å². The summed E-state index contributed by atoms with van der Waals surface area (Å²) >= 11 is 0. The maximum absolute atomic E-state index is 5.44. The van der Waals surface area contributed by atoms with Crippen LogP contribution in [-0.2, 0) is 4.74 Å². The third kappa shape index (κ3) is 3.31. The average Bonchev–Trinajstić information content (AvgIpc) is 2.81. The number of rotatable bonds is 5. The quantitative estimate of drug-likeness (QED) is 0.754. The highest BCUT2D eigenvalue weighted by atomic mass is 16.5. The molecule has 1 atom stereocenters. The molecule has 1 aromatic heterocycles. The molecule has 0 fully saturated rings. The number of benzene rings is 1. The minimum atomic E-state index is -0.0153. The lowest BCUT2D eigenvalue weighted by atomic mass is 10.1. The first-order valence-electron chi connectivity index (χ1n) is 5.93. The molecular weight excluding hydrogens is 226 g/mol. The second-order valence-electron chi connectivity index (χ2n) is 4.08. The third-order valence-corrected chi connectivity index (χ3v) is 2.71. The number of methoxy groups -OCH3 is 1. The van der Waals surface area contributed by atoms with E-state index in [0.717, 1.165) is 17.1 Å². The number of hydrogen-bond donors (Lipinski definition) is 0. The van der Waals surface area contributed by atoms with Gasteiger partial charge in [0.15, 0.2) is 0 Å². The topological polar surface area (TPSA) is 34.7 Å². The van der Waals surface area contributed by atoms with Crippen molar-refractivity contribution in [2.75, 3.05) is 13.7 Å². The first-order valence-corrected chi connectivity index (χ1v) is 5.93. The van der Waals surface area contributed by atoms with Crippen LogP contribution in [0.1, 0.15) is 23.2 Å². The third-order valence-electron chi connectivity index (χ3n) is 2.71. The fourth-order valence-electron chi connectivity index (χ4n) is 1.74. The standard InChI is InChI=1S/C15H17NO2/c1-12-8-9-14(18-12)10-16-11-15(17-2)13-6-4-3-5-7-13/h3-10,15H,11H2,1-2H3. The van der Waals surface area contributed by atoms with Gasteiger partial charge in [-0.25, -0.2) is 0 Å². The molecule has 0 saturated heterocycles. The number of ether oxygens (including phenoxy) is 1. The van der Waals surface area contributed by atoms with Gasteiger partial charge in [-0.1, -0.05) is 30.3 Å². The molecule has 0 aliphatic carbocycles. The summed E-state index contributed by atoms with van der Waals surface area (Å²) in [5, 5.41) is 0. The van der Waals surface area contributed by atoms with Crippen LogP contribution in [0.5, 0.6) is 0 Å². The van der Waals surface area contributed by atoms with Gasteiger partial charge in [0.05, 0.1) is 12.8 Å². The maximum atomic E-state index is 5.44. The van der Waals surface area contributed by atoms with E-state index in [2.05, 4.69) is 4.99 Å². The van der Waals surface area contributed by atoms with Crippen molar-refractivity contribution in [3.8, 4) is 0 Å². The molecule has 1 aromatic carbocycles. The summed E-state index contributed by atoms with van der Waals surface area (Å²) in [7, 11) is 1.70. The SMILES string of the molecule is COC(CN=Cc1ccc(C)o1)c1ccccc1. The molecule has 1 heterocycles. The largest absolute Gasteiger partial charge is 0.460 e. The minimum Gasteiger partial charge on any atom is -0.460 e. The van der Waals surface area contributed by atoms with Gasteiger partial charge in [-0.05, 0) is 24.6 Å². The highest BCUT2D eigenvalue weighted by Crippen LogP contribution is 2.16. The first-order chi connectivity index (χ1) is 8.79. The van der Waals surface area contributed by atoms with Crippen molar-refractivity contribution < 1.29 is 9.15 Å². The monoisotopic (exact) mass is 243 g/mol. The summed E-state index contributed by atoms with van der Waals surface area (Å²) in [4.78, 5) is 4.36. The van der Waals surface area contributed by atoms with Crippen LogP contribution in [0.3, 0.4) is 0 Å². The van der Waals surface area contributed by atoms with E-state index < -0.39 is 0 Å². The number of aryl methyl sites for hydroxylation is 1. The molecule has 0 aliphatic heterocycles. The van der Waals surface area contributed by atoms with Crippen molar-refractivity contribution in [1.82, 2.24) is 0 Å².